The van der Waals surface area contributed by atoms with Crippen LogP contribution in [0.15, 0.2) is 35.9 Å². The van der Waals surface area contributed by atoms with Gasteiger partial charge in [0, 0.05) is 16.8 Å². The number of anilines is 1. The predicted molar refractivity (Wildman–Crippen MR) is 106 cm³/mol. The second-order valence-corrected chi connectivity index (χ2v) is 6.78. The molecule has 0 aliphatic carbocycles. The molecule has 2 aromatic rings. The third kappa shape index (κ3) is 4.50. The summed E-state index contributed by atoms with van der Waals surface area (Å²) in [7, 11) is 0. The van der Waals surface area contributed by atoms with Gasteiger partial charge >= 0.3 is 5.69 Å². The summed E-state index contributed by atoms with van der Waals surface area (Å²) in [5, 5.41) is 32.9. The summed E-state index contributed by atoms with van der Waals surface area (Å²) in [6.07, 6.45) is 1.21. The van der Waals surface area contributed by atoms with E-state index in [1.54, 1.807) is 46.9 Å². The lowest BCUT2D eigenvalue weighted by molar-refractivity contribution is -0.386. The number of aryl methyl sites for hydroxylation is 1. The molecule has 0 bridgehead atoms. The molecule has 132 valence electrons. The first-order valence-electron chi connectivity index (χ1n) is 7.09. The van der Waals surface area contributed by atoms with E-state index in [0.717, 1.165) is 11.6 Å². The van der Waals surface area contributed by atoms with Crippen molar-refractivity contribution in [1.29, 1.82) is 5.26 Å². The number of amides is 1. The molecule has 0 unspecified atom stereocenters. The Kier molecular flexibility index (Phi) is 6.18. The molecule has 0 heterocycles. The van der Waals surface area contributed by atoms with Gasteiger partial charge < -0.3 is 10.4 Å². The van der Waals surface area contributed by atoms with Crippen LogP contribution in [0, 0.1) is 31.9 Å². The van der Waals surface area contributed by atoms with Gasteiger partial charge in [-0.15, -0.1) is 0 Å². The summed E-state index contributed by atoms with van der Waals surface area (Å²) in [4.78, 5) is 22.5. The Morgan fingerprint density at radius 1 is 1.42 bits per heavy atom. The van der Waals surface area contributed by atoms with Gasteiger partial charge in [0.1, 0.15) is 11.6 Å². The van der Waals surface area contributed by atoms with Crippen LogP contribution >= 0.6 is 34.2 Å². The summed E-state index contributed by atoms with van der Waals surface area (Å²) < 4.78 is 0.228. The standard InChI is InChI=1S/C17H11ClIN3O4/c1-9-2-3-12(7-13(9)18)21-17(24)11(8-20)4-10-5-14(19)16(23)15(6-10)22(25)26/h2-7,23H,1H3,(H,21,24)/b11-4+. The summed E-state index contributed by atoms with van der Waals surface area (Å²) >= 11 is 7.73. The van der Waals surface area contributed by atoms with Gasteiger partial charge in [-0.25, -0.2) is 0 Å². The van der Waals surface area contributed by atoms with Gasteiger partial charge in [0.05, 0.1) is 8.49 Å². The molecule has 0 aliphatic rings. The number of nitro groups is 1. The van der Waals surface area contributed by atoms with E-state index in [1.165, 1.54) is 12.1 Å². The van der Waals surface area contributed by atoms with Crippen molar-refractivity contribution in [1.82, 2.24) is 0 Å². The van der Waals surface area contributed by atoms with Crippen LogP contribution < -0.4 is 5.32 Å². The Balaban J connectivity index is 2.35. The normalized spacial score (nSPS) is 10.9. The molecule has 2 N–H and O–H groups in total. The van der Waals surface area contributed by atoms with Gasteiger partial charge in [0.15, 0.2) is 0 Å². The van der Waals surface area contributed by atoms with E-state index in [-0.39, 0.29) is 14.7 Å². The zero-order chi connectivity index (χ0) is 19.4. The molecule has 0 saturated carbocycles. The van der Waals surface area contributed by atoms with E-state index in [4.69, 9.17) is 11.6 Å². The van der Waals surface area contributed by atoms with Crippen molar-refractivity contribution in [3.8, 4) is 11.8 Å². The number of aromatic hydroxyl groups is 1. The minimum Gasteiger partial charge on any atom is -0.501 e. The third-order valence-electron chi connectivity index (χ3n) is 3.37. The average molecular weight is 484 g/mol. The second kappa shape index (κ2) is 8.16. The molecule has 2 rings (SSSR count). The summed E-state index contributed by atoms with van der Waals surface area (Å²) in [5.74, 6) is -1.15. The zero-order valence-electron chi connectivity index (χ0n) is 13.3. The number of benzene rings is 2. The van der Waals surface area contributed by atoms with Crippen LogP contribution in [0.1, 0.15) is 11.1 Å². The molecular formula is C17H11ClIN3O4. The Hall–Kier alpha value is -2.64. The maximum atomic E-state index is 12.3. The highest BCUT2D eigenvalue weighted by molar-refractivity contribution is 14.1. The molecule has 0 spiro atoms. The fourth-order valence-electron chi connectivity index (χ4n) is 2.01. The number of nitrogens with one attached hydrogen (secondary N) is 1. The number of hydrogen-bond acceptors (Lipinski definition) is 5. The third-order valence-corrected chi connectivity index (χ3v) is 4.60. The number of phenols is 1. The molecule has 0 aliphatic heterocycles. The molecular weight excluding hydrogens is 473 g/mol. The number of nitrogens with zero attached hydrogens (tertiary/aromatic N) is 2. The van der Waals surface area contributed by atoms with Crippen molar-refractivity contribution < 1.29 is 14.8 Å². The molecule has 0 radical (unpaired) electrons. The van der Waals surface area contributed by atoms with E-state index < -0.39 is 22.3 Å². The van der Waals surface area contributed by atoms with E-state index in [1.807, 2.05) is 6.92 Å². The van der Waals surface area contributed by atoms with Crippen LogP contribution in [0.3, 0.4) is 0 Å². The highest BCUT2D eigenvalue weighted by Crippen LogP contribution is 2.33. The molecule has 9 heteroatoms. The van der Waals surface area contributed by atoms with Crippen molar-refractivity contribution in [3.63, 3.8) is 0 Å². The minimum absolute atomic E-state index is 0.228. The topological polar surface area (TPSA) is 116 Å². The quantitative estimate of drug-likeness (QED) is 0.220. The molecule has 0 aromatic heterocycles. The lowest BCUT2D eigenvalue weighted by Crippen LogP contribution is -2.13. The van der Waals surface area contributed by atoms with Gasteiger partial charge in [-0.3, -0.25) is 14.9 Å². The van der Waals surface area contributed by atoms with Crippen LogP contribution in [0.25, 0.3) is 6.08 Å². The first kappa shape index (κ1) is 19.7. The largest absolute Gasteiger partial charge is 0.501 e. The van der Waals surface area contributed by atoms with Gasteiger partial charge in [-0.1, -0.05) is 17.7 Å². The van der Waals surface area contributed by atoms with Gasteiger partial charge in [-0.05, 0) is 64.9 Å². The Morgan fingerprint density at radius 3 is 2.69 bits per heavy atom. The van der Waals surface area contributed by atoms with Crippen LogP contribution in [-0.4, -0.2) is 15.9 Å². The first-order valence-corrected chi connectivity index (χ1v) is 8.54. The predicted octanol–water partition coefficient (Wildman–Crippen LogP) is 4.41. The maximum Gasteiger partial charge on any atom is 0.312 e. The SMILES string of the molecule is Cc1ccc(NC(=O)/C(C#N)=C/c2cc(I)c(O)c([N+](=O)[O-])c2)cc1Cl. The van der Waals surface area contributed by atoms with Crippen molar-refractivity contribution in [3.05, 3.63) is 65.7 Å². The van der Waals surface area contributed by atoms with Crippen LogP contribution in [0.5, 0.6) is 5.75 Å². The lowest BCUT2D eigenvalue weighted by Gasteiger charge is -2.06. The number of nitro benzene ring substituents is 1. The molecule has 0 saturated heterocycles. The van der Waals surface area contributed by atoms with E-state index in [2.05, 4.69) is 5.32 Å². The van der Waals surface area contributed by atoms with E-state index >= 15 is 0 Å². The number of phenolic OH excluding ortho intramolecular Hbond substituents is 1. The van der Waals surface area contributed by atoms with Crippen LogP contribution in [0.4, 0.5) is 11.4 Å². The van der Waals surface area contributed by atoms with Crippen molar-refractivity contribution >= 4 is 57.5 Å². The molecule has 1 amide bonds. The van der Waals surface area contributed by atoms with Crippen LogP contribution in [0.2, 0.25) is 5.02 Å². The summed E-state index contributed by atoms with van der Waals surface area (Å²) in [6.45, 7) is 1.81. The fourth-order valence-corrected chi connectivity index (χ4v) is 2.83. The molecule has 26 heavy (non-hydrogen) atoms. The Morgan fingerprint density at radius 2 is 2.12 bits per heavy atom. The lowest BCUT2D eigenvalue weighted by atomic mass is 10.1. The Labute approximate surface area is 167 Å². The highest BCUT2D eigenvalue weighted by atomic mass is 127. The van der Waals surface area contributed by atoms with Gasteiger partial charge in [-0.2, -0.15) is 5.26 Å². The molecule has 0 fully saturated rings. The number of hydrogen-bond donors (Lipinski definition) is 2. The highest BCUT2D eigenvalue weighted by Gasteiger charge is 2.18. The number of carbonyl (C=O) groups excluding carboxylic acids is 1. The fraction of sp³-hybridized carbons (Fsp3) is 0.0588. The van der Waals surface area contributed by atoms with Crippen LogP contribution in [-0.2, 0) is 4.79 Å². The summed E-state index contributed by atoms with van der Waals surface area (Å²) in [6, 6.07) is 9.19. The zero-order valence-corrected chi connectivity index (χ0v) is 16.2. The van der Waals surface area contributed by atoms with Crippen molar-refractivity contribution in [2.24, 2.45) is 0 Å². The smallest absolute Gasteiger partial charge is 0.312 e. The molecule has 7 nitrogen and oxygen atoms in total. The van der Waals surface area contributed by atoms with Crippen molar-refractivity contribution in [2.45, 2.75) is 6.92 Å². The first-order chi connectivity index (χ1) is 12.2. The minimum atomic E-state index is -0.741. The summed E-state index contributed by atoms with van der Waals surface area (Å²) in [5.41, 5.74) is 0.737. The number of halogens is 2. The maximum absolute atomic E-state index is 12.3. The second-order valence-electron chi connectivity index (χ2n) is 5.22. The van der Waals surface area contributed by atoms with E-state index in [9.17, 15) is 25.3 Å². The Bertz CT molecular complexity index is 983. The van der Waals surface area contributed by atoms with Gasteiger partial charge in [0.2, 0.25) is 5.75 Å². The monoisotopic (exact) mass is 483 g/mol. The average Bonchev–Trinajstić information content (AvgIpc) is 2.58. The number of carbonyl (C=O) groups is 1. The molecule has 2 aromatic carbocycles. The van der Waals surface area contributed by atoms with Gasteiger partial charge in [0.25, 0.3) is 5.91 Å². The van der Waals surface area contributed by atoms with Crippen molar-refractivity contribution in [2.75, 3.05) is 5.32 Å². The van der Waals surface area contributed by atoms with E-state index in [0.29, 0.717) is 10.7 Å². The number of nitriles is 1. The number of rotatable bonds is 4. The molecule has 0 atom stereocenters.